The Balaban J connectivity index is 1.53. The predicted molar refractivity (Wildman–Crippen MR) is 121 cm³/mol. The molecule has 1 aromatic carbocycles. The van der Waals surface area contributed by atoms with Crippen LogP contribution in [0.5, 0.6) is 0 Å². The third-order valence-corrected chi connectivity index (χ3v) is 4.79. The van der Waals surface area contributed by atoms with Crippen LogP contribution in [0.15, 0.2) is 59.5 Å². The quantitative estimate of drug-likeness (QED) is 0.275. The molecule has 2 amide bonds. The molecule has 0 aliphatic carbocycles. The summed E-state index contributed by atoms with van der Waals surface area (Å²) < 4.78 is 43.8. The molecule has 0 bridgehead atoms. The lowest BCUT2D eigenvalue weighted by Crippen LogP contribution is -2.21. The molecule has 12 nitrogen and oxygen atoms in total. The highest BCUT2D eigenvalue weighted by molar-refractivity contribution is 6.07. The van der Waals surface area contributed by atoms with E-state index in [9.17, 15) is 27.6 Å². The lowest BCUT2D eigenvalue weighted by atomic mass is 10.2. The lowest BCUT2D eigenvalue weighted by Gasteiger charge is -2.08. The van der Waals surface area contributed by atoms with Gasteiger partial charge in [-0.3, -0.25) is 9.59 Å². The van der Waals surface area contributed by atoms with Crippen molar-refractivity contribution in [3.05, 3.63) is 72.0 Å². The predicted octanol–water partition coefficient (Wildman–Crippen LogP) is 2.95. The van der Waals surface area contributed by atoms with Crippen molar-refractivity contribution in [2.45, 2.75) is 6.18 Å². The Morgan fingerprint density at radius 2 is 1.86 bits per heavy atom. The maximum Gasteiger partial charge on any atom is 0.405 e. The fourth-order valence-corrected chi connectivity index (χ4v) is 3.08. The summed E-state index contributed by atoms with van der Waals surface area (Å²) in [7, 11) is 0. The highest BCUT2D eigenvalue weighted by atomic mass is 19.4. The normalized spacial score (nSPS) is 11.2. The summed E-state index contributed by atoms with van der Waals surface area (Å²) >= 11 is 0. The first-order valence-electron chi connectivity index (χ1n) is 10.3. The minimum Gasteiger partial charge on any atom is -0.478 e. The van der Waals surface area contributed by atoms with Crippen LogP contribution in [0.2, 0.25) is 0 Å². The van der Waals surface area contributed by atoms with E-state index in [1.807, 2.05) is 0 Å². The highest BCUT2D eigenvalue weighted by Gasteiger charge is 2.27. The number of hydrogen-bond acceptors (Lipinski definition) is 8. The number of carboxylic acids is 1. The van der Waals surface area contributed by atoms with Crippen LogP contribution in [-0.4, -0.2) is 55.4 Å². The Bertz CT molecular complexity index is 1480. The number of primary amides is 1. The van der Waals surface area contributed by atoms with Crippen LogP contribution in [0.1, 0.15) is 31.3 Å². The average Bonchev–Trinajstić information content (AvgIpc) is 3.51. The molecule has 3 aromatic heterocycles. The molecule has 0 fully saturated rings. The Kier molecular flexibility index (Phi) is 6.60. The van der Waals surface area contributed by atoms with Crippen molar-refractivity contribution < 1.29 is 37.1 Å². The van der Waals surface area contributed by atoms with Crippen LogP contribution >= 0.6 is 0 Å². The SMILES string of the molecule is NC(=O)c1nn(-c2ccc(C(=O)O)cc2)cc1NC(=O)c1coc(-c2ccnc(NCC(F)(F)F)c2)n1. The van der Waals surface area contributed by atoms with Gasteiger partial charge in [0.1, 0.15) is 18.6 Å². The molecule has 3 heterocycles. The van der Waals surface area contributed by atoms with Crippen molar-refractivity contribution in [3.63, 3.8) is 0 Å². The van der Waals surface area contributed by atoms with E-state index in [4.69, 9.17) is 15.3 Å². The highest BCUT2D eigenvalue weighted by Crippen LogP contribution is 2.23. The number of aromatic nitrogens is 4. The Labute approximate surface area is 204 Å². The van der Waals surface area contributed by atoms with Crippen molar-refractivity contribution in [3.8, 4) is 17.1 Å². The van der Waals surface area contributed by atoms with Gasteiger partial charge in [-0.25, -0.2) is 19.4 Å². The van der Waals surface area contributed by atoms with E-state index in [1.165, 1.54) is 53.5 Å². The lowest BCUT2D eigenvalue weighted by molar-refractivity contribution is -0.115. The summed E-state index contributed by atoms with van der Waals surface area (Å²) in [5.74, 6) is -2.98. The summed E-state index contributed by atoms with van der Waals surface area (Å²) in [6, 6.07) is 8.26. The molecule has 0 aliphatic heterocycles. The zero-order chi connectivity index (χ0) is 26.7. The van der Waals surface area contributed by atoms with E-state index in [0.717, 1.165) is 6.26 Å². The number of amides is 2. The first kappa shape index (κ1) is 24.9. The molecule has 0 saturated carbocycles. The maximum absolute atomic E-state index is 12.7. The van der Waals surface area contributed by atoms with Gasteiger partial charge in [0.2, 0.25) is 5.89 Å². The second-order valence-electron chi connectivity index (χ2n) is 7.44. The second kappa shape index (κ2) is 9.80. The van der Waals surface area contributed by atoms with E-state index in [1.54, 1.807) is 0 Å². The minimum absolute atomic E-state index is 0.0406. The van der Waals surface area contributed by atoms with E-state index in [2.05, 4.69) is 25.7 Å². The fourth-order valence-electron chi connectivity index (χ4n) is 3.08. The molecule has 5 N–H and O–H groups in total. The monoisotopic (exact) mass is 515 g/mol. The van der Waals surface area contributed by atoms with Gasteiger partial charge < -0.3 is 25.9 Å². The number of carbonyl (C=O) groups is 3. The number of alkyl halides is 3. The van der Waals surface area contributed by atoms with Gasteiger partial charge in [-0.2, -0.15) is 18.3 Å². The Morgan fingerprint density at radius 1 is 1.14 bits per heavy atom. The van der Waals surface area contributed by atoms with Crippen LogP contribution in [0.25, 0.3) is 17.1 Å². The average molecular weight is 515 g/mol. The van der Waals surface area contributed by atoms with Gasteiger partial charge in [0, 0.05) is 11.8 Å². The number of pyridine rings is 1. The molecule has 0 aliphatic rings. The number of hydrogen-bond donors (Lipinski definition) is 4. The van der Waals surface area contributed by atoms with Gasteiger partial charge >= 0.3 is 12.1 Å². The number of halogens is 3. The van der Waals surface area contributed by atoms with Gasteiger partial charge in [0.25, 0.3) is 11.8 Å². The number of nitrogens with zero attached hydrogens (tertiary/aromatic N) is 4. The number of nitrogens with one attached hydrogen (secondary N) is 2. The van der Waals surface area contributed by atoms with Gasteiger partial charge in [-0.05, 0) is 36.4 Å². The van der Waals surface area contributed by atoms with E-state index in [0.29, 0.717) is 5.69 Å². The molecule has 0 atom stereocenters. The summed E-state index contributed by atoms with van der Waals surface area (Å²) in [4.78, 5) is 43.5. The smallest absolute Gasteiger partial charge is 0.405 e. The number of nitrogens with two attached hydrogens (primary N) is 1. The van der Waals surface area contributed by atoms with Gasteiger partial charge in [-0.15, -0.1) is 0 Å². The fraction of sp³-hybridized carbons (Fsp3) is 0.0909. The summed E-state index contributed by atoms with van der Waals surface area (Å²) in [6.07, 6.45) is -0.872. The molecule has 0 spiro atoms. The molecule has 0 unspecified atom stereocenters. The molecule has 15 heteroatoms. The Morgan fingerprint density at radius 3 is 2.51 bits per heavy atom. The molecule has 0 radical (unpaired) electrons. The van der Waals surface area contributed by atoms with Crippen molar-refractivity contribution in [2.75, 3.05) is 17.2 Å². The number of benzene rings is 1. The molecule has 37 heavy (non-hydrogen) atoms. The molecule has 190 valence electrons. The summed E-state index contributed by atoms with van der Waals surface area (Å²) in [5, 5.41) is 17.6. The van der Waals surface area contributed by atoms with Crippen molar-refractivity contribution in [1.29, 1.82) is 0 Å². The van der Waals surface area contributed by atoms with E-state index in [-0.39, 0.29) is 39.9 Å². The van der Waals surface area contributed by atoms with Crippen LogP contribution in [0, 0.1) is 0 Å². The zero-order valence-corrected chi connectivity index (χ0v) is 18.5. The third kappa shape index (κ3) is 5.90. The van der Waals surface area contributed by atoms with E-state index >= 15 is 0 Å². The van der Waals surface area contributed by atoms with E-state index < -0.39 is 30.5 Å². The maximum atomic E-state index is 12.7. The van der Waals surface area contributed by atoms with Gasteiger partial charge in [0.15, 0.2) is 11.4 Å². The molecule has 4 rings (SSSR count). The van der Waals surface area contributed by atoms with Gasteiger partial charge in [-0.1, -0.05) is 0 Å². The molecular weight excluding hydrogens is 499 g/mol. The number of oxazole rings is 1. The third-order valence-electron chi connectivity index (χ3n) is 4.79. The van der Waals surface area contributed by atoms with Crippen LogP contribution < -0.4 is 16.4 Å². The molecular formula is C22H16F3N7O5. The number of anilines is 2. The molecule has 4 aromatic rings. The van der Waals surface area contributed by atoms with Crippen molar-refractivity contribution in [1.82, 2.24) is 19.7 Å². The Hall–Kier alpha value is -5.21. The topological polar surface area (TPSA) is 178 Å². The standard InChI is InChI=1S/C22H16F3N7O5/c23-22(24,25)10-28-16-7-12(5-6-27-16)20-30-15(9-37-20)19(34)29-14-8-32(31-17(14)18(26)33)13-3-1-11(2-4-13)21(35)36/h1-9H,10H2,(H2,26,33)(H,27,28)(H,29,34)(H,35,36). The number of carbonyl (C=O) groups excluding carboxylic acids is 2. The van der Waals surface area contributed by atoms with Crippen molar-refractivity contribution >= 4 is 29.3 Å². The molecule has 0 saturated heterocycles. The number of aromatic carboxylic acids is 1. The summed E-state index contributed by atoms with van der Waals surface area (Å²) in [5.41, 5.74) is 5.54. The van der Waals surface area contributed by atoms with Gasteiger partial charge in [0.05, 0.1) is 23.1 Å². The second-order valence-corrected chi connectivity index (χ2v) is 7.44. The number of rotatable bonds is 8. The van der Waals surface area contributed by atoms with Crippen LogP contribution in [0.4, 0.5) is 24.7 Å². The zero-order valence-electron chi connectivity index (χ0n) is 18.5. The minimum atomic E-state index is -4.44. The van der Waals surface area contributed by atoms with Crippen molar-refractivity contribution in [2.24, 2.45) is 5.73 Å². The van der Waals surface area contributed by atoms with Crippen LogP contribution in [-0.2, 0) is 0 Å². The largest absolute Gasteiger partial charge is 0.478 e. The first-order chi connectivity index (χ1) is 17.5. The number of carboxylic acid groups (broad SMARTS) is 1. The van der Waals surface area contributed by atoms with Crippen LogP contribution in [0.3, 0.4) is 0 Å². The first-order valence-corrected chi connectivity index (χ1v) is 10.3. The summed E-state index contributed by atoms with van der Waals surface area (Å²) in [6.45, 7) is -1.29.